The first-order valence-electron chi connectivity index (χ1n) is 5.77. The molecule has 1 aromatic heterocycles. The largest absolute Gasteiger partial charge is 0.348 e. The van der Waals surface area contributed by atoms with Crippen molar-refractivity contribution in [3.05, 3.63) is 57.1 Å². The lowest BCUT2D eigenvalue weighted by Gasteiger charge is -2.06. The van der Waals surface area contributed by atoms with Crippen LogP contribution in [0.25, 0.3) is 0 Å². The highest BCUT2D eigenvalue weighted by molar-refractivity contribution is 6.31. The van der Waals surface area contributed by atoms with Gasteiger partial charge in [0.25, 0.3) is 5.69 Å². The molecular weight excluding hydrogens is 268 g/mol. The molecule has 7 heteroatoms. The zero-order valence-corrected chi connectivity index (χ0v) is 10.9. The Labute approximate surface area is 115 Å². The van der Waals surface area contributed by atoms with Gasteiger partial charge in [-0.1, -0.05) is 11.6 Å². The standard InChI is InChI=1S/C12H13ClN4O2/c13-12-2-1-11(17(18)19)5-9(12)6-14-4-3-10-7-15-8-16-10/h1-2,5,7-8,14H,3-4,6H2,(H,15,16). The first-order chi connectivity index (χ1) is 9.16. The van der Waals surface area contributed by atoms with Gasteiger partial charge in [0.1, 0.15) is 0 Å². The number of nitrogens with zero attached hydrogens (tertiary/aromatic N) is 2. The molecule has 0 fully saturated rings. The number of hydrogen-bond donors (Lipinski definition) is 2. The van der Waals surface area contributed by atoms with E-state index in [2.05, 4.69) is 15.3 Å². The van der Waals surface area contributed by atoms with Crippen molar-refractivity contribution in [2.24, 2.45) is 0 Å². The number of hydrogen-bond acceptors (Lipinski definition) is 4. The van der Waals surface area contributed by atoms with E-state index >= 15 is 0 Å². The number of non-ortho nitro benzene ring substituents is 1. The zero-order chi connectivity index (χ0) is 13.7. The number of nitro benzene ring substituents is 1. The third-order valence-corrected chi connectivity index (χ3v) is 3.05. The molecule has 6 nitrogen and oxygen atoms in total. The third-order valence-electron chi connectivity index (χ3n) is 2.68. The number of aromatic amines is 1. The second-order valence-corrected chi connectivity index (χ2v) is 4.44. The topological polar surface area (TPSA) is 83.8 Å². The first kappa shape index (κ1) is 13.5. The van der Waals surface area contributed by atoms with Gasteiger partial charge >= 0.3 is 0 Å². The predicted molar refractivity (Wildman–Crippen MR) is 72.1 cm³/mol. The molecule has 1 heterocycles. The molecule has 0 bridgehead atoms. The van der Waals surface area contributed by atoms with E-state index in [1.807, 2.05) is 0 Å². The number of halogens is 1. The maximum atomic E-state index is 10.7. The fourth-order valence-corrected chi connectivity index (χ4v) is 1.86. The lowest BCUT2D eigenvalue weighted by atomic mass is 10.2. The summed E-state index contributed by atoms with van der Waals surface area (Å²) in [6.45, 7) is 1.23. The Kier molecular flexibility index (Phi) is 4.48. The molecule has 0 unspecified atom stereocenters. The maximum absolute atomic E-state index is 10.7. The highest BCUT2D eigenvalue weighted by Gasteiger charge is 2.09. The summed E-state index contributed by atoms with van der Waals surface area (Å²) in [7, 11) is 0. The van der Waals surface area contributed by atoms with Gasteiger partial charge in [-0.25, -0.2) is 4.98 Å². The predicted octanol–water partition coefficient (Wildman–Crippen LogP) is 2.30. The van der Waals surface area contributed by atoms with Crippen molar-refractivity contribution in [3.8, 4) is 0 Å². The van der Waals surface area contributed by atoms with Crippen molar-refractivity contribution in [2.75, 3.05) is 6.54 Å². The smallest absolute Gasteiger partial charge is 0.269 e. The van der Waals surface area contributed by atoms with Gasteiger partial charge < -0.3 is 10.3 Å². The minimum absolute atomic E-state index is 0.0507. The van der Waals surface area contributed by atoms with Crippen LogP contribution in [0.2, 0.25) is 5.02 Å². The minimum atomic E-state index is -0.426. The van der Waals surface area contributed by atoms with E-state index in [0.717, 1.165) is 24.2 Å². The van der Waals surface area contributed by atoms with E-state index in [-0.39, 0.29) is 5.69 Å². The number of H-pyrrole nitrogens is 1. The van der Waals surface area contributed by atoms with Crippen LogP contribution < -0.4 is 5.32 Å². The van der Waals surface area contributed by atoms with E-state index in [1.165, 1.54) is 12.1 Å². The Morgan fingerprint density at radius 3 is 3.00 bits per heavy atom. The van der Waals surface area contributed by atoms with Gasteiger partial charge in [-0.2, -0.15) is 0 Å². The summed E-state index contributed by atoms with van der Waals surface area (Å²) >= 11 is 6.00. The zero-order valence-electron chi connectivity index (χ0n) is 10.1. The molecule has 0 atom stereocenters. The molecule has 0 saturated carbocycles. The van der Waals surface area contributed by atoms with Crippen molar-refractivity contribution in [3.63, 3.8) is 0 Å². The summed E-state index contributed by atoms with van der Waals surface area (Å²) in [6.07, 6.45) is 4.21. The second-order valence-electron chi connectivity index (χ2n) is 4.04. The molecule has 0 aliphatic rings. The van der Waals surface area contributed by atoms with Crippen LogP contribution in [-0.2, 0) is 13.0 Å². The fraction of sp³-hybridized carbons (Fsp3) is 0.250. The van der Waals surface area contributed by atoms with Crippen LogP contribution in [0.3, 0.4) is 0 Å². The number of imidazole rings is 1. The van der Waals surface area contributed by atoms with E-state index in [9.17, 15) is 10.1 Å². The third kappa shape index (κ3) is 3.77. The van der Waals surface area contributed by atoms with Crippen LogP contribution in [-0.4, -0.2) is 21.4 Å². The lowest BCUT2D eigenvalue weighted by molar-refractivity contribution is -0.384. The van der Waals surface area contributed by atoms with E-state index in [0.29, 0.717) is 11.6 Å². The van der Waals surface area contributed by atoms with Crippen LogP contribution in [0.5, 0.6) is 0 Å². The Morgan fingerprint density at radius 2 is 2.32 bits per heavy atom. The van der Waals surface area contributed by atoms with Crippen LogP contribution in [0.15, 0.2) is 30.7 Å². The molecule has 2 rings (SSSR count). The summed E-state index contributed by atoms with van der Waals surface area (Å²) in [5.74, 6) is 0. The van der Waals surface area contributed by atoms with Crippen LogP contribution in [0.4, 0.5) is 5.69 Å². The molecule has 0 spiro atoms. The molecule has 0 aliphatic heterocycles. The normalized spacial score (nSPS) is 10.6. The minimum Gasteiger partial charge on any atom is -0.348 e. The van der Waals surface area contributed by atoms with Gasteiger partial charge in [-0.05, 0) is 11.6 Å². The quantitative estimate of drug-likeness (QED) is 0.483. The van der Waals surface area contributed by atoms with Crippen molar-refractivity contribution < 1.29 is 4.92 Å². The van der Waals surface area contributed by atoms with Crippen molar-refractivity contribution >= 4 is 17.3 Å². The van der Waals surface area contributed by atoms with Gasteiger partial charge in [-0.3, -0.25) is 10.1 Å². The molecule has 100 valence electrons. The average Bonchev–Trinajstić information content (AvgIpc) is 2.89. The summed E-state index contributed by atoms with van der Waals surface area (Å²) in [4.78, 5) is 17.2. The first-order valence-corrected chi connectivity index (χ1v) is 6.15. The van der Waals surface area contributed by atoms with Crippen molar-refractivity contribution in [1.82, 2.24) is 15.3 Å². The van der Waals surface area contributed by atoms with Crippen LogP contribution >= 0.6 is 11.6 Å². The molecule has 2 N–H and O–H groups in total. The van der Waals surface area contributed by atoms with Crippen molar-refractivity contribution in [1.29, 1.82) is 0 Å². The second kappa shape index (κ2) is 6.31. The summed E-state index contributed by atoms with van der Waals surface area (Å²) in [5, 5.41) is 14.4. The molecule has 2 aromatic rings. The van der Waals surface area contributed by atoms with Crippen LogP contribution in [0, 0.1) is 10.1 Å². The Bertz CT molecular complexity index is 557. The average molecular weight is 281 g/mol. The highest BCUT2D eigenvalue weighted by atomic mass is 35.5. The van der Waals surface area contributed by atoms with Gasteiger partial charge in [0.05, 0.1) is 11.3 Å². The number of nitrogens with one attached hydrogen (secondary N) is 2. The lowest BCUT2D eigenvalue weighted by Crippen LogP contribution is -2.17. The monoisotopic (exact) mass is 280 g/mol. The fourth-order valence-electron chi connectivity index (χ4n) is 1.68. The maximum Gasteiger partial charge on any atom is 0.269 e. The summed E-state index contributed by atoms with van der Waals surface area (Å²) in [6, 6.07) is 4.44. The number of benzene rings is 1. The molecular formula is C12H13ClN4O2. The molecule has 0 saturated heterocycles. The van der Waals surface area contributed by atoms with E-state index < -0.39 is 4.92 Å². The van der Waals surface area contributed by atoms with E-state index in [4.69, 9.17) is 11.6 Å². The number of nitro groups is 1. The Morgan fingerprint density at radius 1 is 1.47 bits per heavy atom. The highest BCUT2D eigenvalue weighted by Crippen LogP contribution is 2.21. The molecule has 19 heavy (non-hydrogen) atoms. The molecule has 0 aliphatic carbocycles. The Hall–Kier alpha value is -1.92. The summed E-state index contributed by atoms with van der Waals surface area (Å²) < 4.78 is 0. The SMILES string of the molecule is O=[N+]([O-])c1ccc(Cl)c(CNCCc2cnc[nH]2)c1. The van der Waals surface area contributed by atoms with Crippen molar-refractivity contribution in [2.45, 2.75) is 13.0 Å². The number of aromatic nitrogens is 2. The number of rotatable bonds is 6. The molecule has 0 amide bonds. The summed E-state index contributed by atoms with van der Waals surface area (Å²) in [5.41, 5.74) is 1.81. The van der Waals surface area contributed by atoms with Gasteiger partial charge in [0, 0.05) is 48.6 Å². The van der Waals surface area contributed by atoms with Gasteiger partial charge in [0.2, 0.25) is 0 Å². The van der Waals surface area contributed by atoms with Gasteiger partial charge in [-0.15, -0.1) is 0 Å². The van der Waals surface area contributed by atoms with Crippen LogP contribution in [0.1, 0.15) is 11.3 Å². The van der Waals surface area contributed by atoms with Gasteiger partial charge in [0.15, 0.2) is 0 Å². The van der Waals surface area contributed by atoms with E-state index in [1.54, 1.807) is 18.6 Å². The molecule has 1 aromatic carbocycles. The molecule has 0 radical (unpaired) electrons. The Balaban J connectivity index is 1.88.